The summed E-state index contributed by atoms with van der Waals surface area (Å²) in [5.74, 6) is 2.23. The number of nitrogens with zero attached hydrogens (tertiary/aromatic N) is 2. The van der Waals surface area contributed by atoms with Crippen LogP contribution in [-0.2, 0) is 25.9 Å². The molecule has 0 radical (unpaired) electrons. The maximum absolute atomic E-state index is 2.55. The molecule has 50 heavy (non-hydrogen) atoms. The molecule has 0 aliphatic carbocycles. The molecule has 0 atom stereocenters. The van der Waals surface area contributed by atoms with Crippen molar-refractivity contribution in [3.05, 3.63) is 94.5 Å². The largest absolute Gasteiger partial charge is 6.00 e. The van der Waals surface area contributed by atoms with Crippen molar-refractivity contribution in [3.8, 4) is 0 Å². The summed E-state index contributed by atoms with van der Waals surface area (Å²) >= 11 is 0. The molecule has 1 heterocycles. The molecule has 1 aliphatic heterocycles. The monoisotopic (exact) mass is 830 g/mol. The van der Waals surface area contributed by atoms with Gasteiger partial charge in [0.25, 0.3) is 0 Å². The maximum Gasteiger partial charge on any atom is 6.00 e. The predicted octanol–water partition coefficient (Wildman–Crippen LogP) is 7.41. The fraction of sp³-hybridized carbons (Fsp3) is 0.591. The van der Waals surface area contributed by atoms with Crippen LogP contribution in [0.1, 0.15) is 155 Å². The average Bonchev–Trinajstić information content (AvgIpc) is 3.51. The first-order chi connectivity index (χ1) is 22.0. The first-order valence-electron chi connectivity index (χ1n) is 18.7. The smallest absolute Gasteiger partial charge is 1.00 e. The van der Waals surface area contributed by atoms with Crippen molar-refractivity contribution in [2.75, 3.05) is 29.6 Å². The Hall–Kier alpha value is -1.11. The van der Waals surface area contributed by atoms with Gasteiger partial charge in [0.15, 0.2) is 0 Å². The first kappa shape index (κ1) is 51.0. The number of benzene rings is 3. The molecule has 0 amide bonds. The number of rotatable bonds is 10. The van der Waals surface area contributed by atoms with Gasteiger partial charge in [-0.05, 0) is 99.2 Å². The second-order valence-electron chi connectivity index (χ2n) is 15.6. The van der Waals surface area contributed by atoms with Gasteiger partial charge in [-0.25, -0.2) is 0 Å². The third kappa shape index (κ3) is 16.3. The predicted molar refractivity (Wildman–Crippen MR) is 217 cm³/mol. The minimum atomic E-state index is 0. The SMILES string of the molecule is CC(C)P(C(C)C)C(C)C.CC(C)c1cc(C(C)C)cc(N2CCN(c3cc(C(C)C)cc(C(C)C)c3)C2)c1.CCc1ccccc1.[Cl-].[Cl-].[Ru+6]. The fourth-order valence-corrected chi connectivity index (χ4v) is 10.1. The molecule has 0 saturated carbocycles. The van der Waals surface area contributed by atoms with Crippen LogP contribution in [0, 0.1) is 0 Å². The Kier molecular flexibility index (Phi) is 25.5. The van der Waals surface area contributed by atoms with E-state index in [4.69, 9.17) is 0 Å². The topological polar surface area (TPSA) is 6.48 Å². The van der Waals surface area contributed by atoms with Crippen molar-refractivity contribution in [2.45, 2.75) is 151 Å². The van der Waals surface area contributed by atoms with Gasteiger partial charge in [0, 0.05) is 24.5 Å². The molecule has 1 fully saturated rings. The molecule has 3 aromatic rings. The Labute approximate surface area is 336 Å². The molecule has 0 aromatic heterocycles. The fourth-order valence-electron chi connectivity index (χ4n) is 6.53. The van der Waals surface area contributed by atoms with Gasteiger partial charge >= 0.3 is 19.5 Å². The molecule has 6 heteroatoms. The quantitative estimate of drug-likeness (QED) is 0.155. The number of hydrogen-bond donors (Lipinski definition) is 0. The molecule has 280 valence electrons. The van der Waals surface area contributed by atoms with Crippen molar-refractivity contribution < 1.29 is 44.3 Å². The van der Waals surface area contributed by atoms with E-state index in [2.05, 4.69) is 174 Å². The van der Waals surface area contributed by atoms with Gasteiger partial charge in [0.1, 0.15) is 0 Å². The zero-order chi connectivity index (χ0) is 35.4. The maximum atomic E-state index is 2.55. The van der Waals surface area contributed by atoms with E-state index in [1.54, 1.807) is 0 Å². The summed E-state index contributed by atoms with van der Waals surface area (Å²) in [7, 11) is 0.262. The Morgan fingerprint density at radius 2 is 0.800 bits per heavy atom. The van der Waals surface area contributed by atoms with Gasteiger partial charge in [-0.15, -0.1) is 0 Å². The number of hydrogen-bond acceptors (Lipinski definition) is 2. The summed E-state index contributed by atoms with van der Waals surface area (Å²) < 4.78 is 0. The summed E-state index contributed by atoms with van der Waals surface area (Å²) in [6.07, 6.45) is 1.14. The second-order valence-corrected chi connectivity index (χ2v) is 19.6. The summed E-state index contributed by atoms with van der Waals surface area (Å²) in [6.45, 7) is 37.8. The van der Waals surface area contributed by atoms with E-state index in [0.717, 1.165) is 43.2 Å². The van der Waals surface area contributed by atoms with Crippen molar-refractivity contribution >= 4 is 19.3 Å². The number of halogens is 2. The van der Waals surface area contributed by atoms with Crippen LogP contribution in [0.15, 0.2) is 66.7 Å². The van der Waals surface area contributed by atoms with Crippen molar-refractivity contribution in [2.24, 2.45) is 0 Å². The molecule has 0 unspecified atom stereocenters. The van der Waals surface area contributed by atoms with Gasteiger partial charge < -0.3 is 34.6 Å². The van der Waals surface area contributed by atoms with E-state index in [9.17, 15) is 0 Å². The normalized spacial score (nSPS) is 12.6. The minimum Gasteiger partial charge on any atom is -1.00 e. The summed E-state index contributed by atoms with van der Waals surface area (Å²) in [5, 5.41) is 0. The zero-order valence-corrected chi connectivity index (χ0v) is 38.3. The van der Waals surface area contributed by atoms with Crippen LogP contribution < -0.4 is 34.6 Å². The molecule has 0 spiro atoms. The zero-order valence-electron chi connectivity index (χ0n) is 34.2. The van der Waals surface area contributed by atoms with Gasteiger partial charge in [-0.2, -0.15) is 0 Å². The number of anilines is 2. The molecule has 3 aromatic carbocycles. The molecule has 0 bridgehead atoms. The van der Waals surface area contributed by atoms with Gasteiger partial charge in [-0.1, -0.05) is 154 Å². The Morgan fingerprint density at radius 3 is 1.00 bits per heavy atom. The minimum absolute atomic E-state index is 0. The van der Waals surface area contributed by atoms with Crippen LogP contribution in [0.25, 0.3) is 0 Å². The van der Waals surface area contributed by atoms with E-state index in [-0.39, 0.29) is 52.2 Å². The van der Waals surface area contributed by atoms with Crippen molar-refractivity contribution in [1.82, 2.24) is 0 Å². The van der Waals surface area contributed by atoms with E-state index < -0.39 is 0 Å². The van der Waals surface area contributed by atoms with E-state index >= 15 is 0 Å². The third-order valence-electron chi connectivity index (χ3n) is 9.34. The van der Waals surface area contributed by atoms with Gasteiger partial charge in [0.2, 0.25) is 0 Å². The van der Waals surface area contributed by atoms with Crippen LogP contribution in [0.2, 0.25) is 0 Å². The molecule has 2 nitrogen and oxygen atoms in total. The Bertz CT molecular complexity index is 1180. The van der Waals surface area contributed by atoms with E-state index in [1.807, 2.05) is 6.07 Å². The third-order valence-corrected chi connectivity index (χ3v) is 12.9. The van der Waals surface area contributed by atoms with Crippen LogP contribution >= 0.6 is 7.92 Å². The summed E-state index contributed by atoms with van der Waals surface area (Å²) in [5.41, 5.74) is 12.7. The Balaban J connectivity index is 0. The van der Waals surface area contributed by atoms with E-state index in [1.165, 1.54) is 39.2 Å². The van der Waals surface area contributed by atoms with E-state index in [0.29, 0.717) is 23.7 Å². The molecule has 4 rings (SSSR count). The van der Waals surface area contributed by atoms with Crippen LogP contribution in [-0.4, -0.2) is 36.7 Å². The van der Waals surface area contributed by atoms with Crippen molar-refractivity contribution in [1.29, 1.82) is 0 Å². The molecule has 1 saturated heterocycles. The van der Waals surface area contributed by atoms with Crippen LogP contribution in [0.4, 0.5) is 11.4 Å². The average molecular weight is 831 g/mol. The second kappa shape index (κ2) is 25.0. The summed E-state index contributed by atoms with van der Waals surface area (Å²) in [6, 6.07) is 24.9. The number of aryl methyl sites for hydroxylation is 1. The summed E-state index contributed by atoms with van der Waals surface area (Å²) in [4.78, 5) is 5.10. The van der Waals surface area contributed by atoms with Gasteiger partial charge in [0.05, 0.1) is 6.67 Å². The van der Waals surface area contributed by atoms with Gasteiger partial charge in [-0.3, -0.25) is 0 Å². The standard InChI is InChI=1S/C27H40N2.C9H21P.C8H10.2ClH.Ru/c1-18(2)22-11-23(19(3)4)14-26(13-22)28-9-10-29(17-28)27-15-24(20(5)6)12-25(16-27)21(7)8;1-7(2)10(8(3)4)9(5)6;1-2-8-6-4-3-5-7-8;;;/h11-16,18-21H,9-10,17H2,1-8H3;7-9H,1-6H3;3-7H,2H2,1H3;2*1H;/q;;;;;+6/p-2. The van der Waals surface area contributed by atoms with Crippen LogP contribution in [0.5, 0.6) is 0 Å². The molecule has 0 N–H and O–H groups in total. The first-order valence-corrected chi connectivity index (χ1v) is 20.2. The Morgan fingerprint density at radius 1 is 0.500 bits per heavy atom. The van der Waals surface area contributed by atoms with Crippen molar-refractivity contribution in [3.63, 3.8) is 0 Å². The molecular formula is C44H71Cl2N2PRu+4. The van der Waals surface area contributed by atoms with Crippen LogP contribution in [0.3, 0.4) is 0 Å². The molecule has 1 aliphatic rings. The molecular weight excluding hydrogens is 759 g/mol.